The number of carbonyl (C=O) groups excluding carboxylic acids is 3. The molecule has 2 heterocycles. The highest BCUT2D eigenvalue weighted by Crippen LogP contribution is 2.18. The first-order valence-corrected chi connectivity index (χ1v) is 7.61. The van der Waals surface area contributed by atoms with Gasteiger partial charge in [-0.25, -0.2) is 0 Å². The number of hydrogen-bond donors (Lipinski definition) is 2. The van der Waals surface area contributed by atoms with Crippen molar-refractivity contribution in [1.82, 2.24) is 10.6 Å². The number of rotatable bonds is 2. The predicted octanol–water partition coefficient (Wildman–Crippen LogP) is 1.09. The fraction of sp³-hybridized carbons (Fsp3) is 0.200. The van der Waals surface area contributed by atoms with Gasteiger partial charge in [-0.15, -0.1) is 0 Å². The molecule has 118 valence electrons. The molecule has 0 radical (unpaired) electrons. The third kappa shape index (κ3) is 3.16. The van der Waals surface area contributed by atoms with Gasteiger partial charge in [0.15, 0.2) is 11.2 Å². The standard InChI is InChI=1S/C15H11BrN2O5/c16-7-1-3-11-8(5-7)10(19)6-12(23-11)15(22)17-9-2-4-13(20)18-14(9)21/h1,3,5-6,9H,2,4H2,(H,17,22)(H,18,20,21). The lowest BCUT2D eigenvalue weighted by Crippen LogP contribution is -2.52. The van der Waals surface area contributed by atoms with Crippen LogP contribution in [0.1, 0.15) is 23.4 Å². The summed E-state index contributed by atoms with van der Waals surface area (Å²) in [4.78, 5) is 47.0. The highest BCUT2D eigenvalue weighted by Gasteiger charge is 2.28. The van der Waals surface area contributed by atoms with E-state index in [9.17, 15) is 19.2 Å². The molecule has 1 fully saturated rings. The maximum absolute atomic E-state index is 12.2. The molecule has 1 unspecified atom stereocenters. The zero-order valence-corrected chi connectivity index (χ0v) is 13.3. The molecule has 2 aromatic rings. The third-order valence-electron chi connectivity index (χ3n) is 3.46. The summed E-state index contributed by atoms with van der Waals surface area (Å²) >= 11 is 3.26. The van der Waals surface area contributed by atoms with Crippen LogP contribution in [0.4, 0.5) is 0 Å². The Morgan fingerprint density at radius 2 is 2.04 bits per heavy atom. The summed E-state index contributed by atoms with van der Waals surface area (Å²) in [6.07, 6.45) is 0.355. The zero-order valence-electron chi connectivity index (χ0n) is 11.7. The Morgan fingerprint density at radius 3 is 2.78 bits per heavy atom. The van der Waals surface area contributed by atoms with E-state index in [2.05, 4.69) is 26.6 Å². The molecule has 1 atom stereocenters. The van der Waals surface area contributed by atoms with Gasteiger partial charge in [0.1, 0.15) is 11.6 Å². The van der Waals surface area contributed by atoms with Crippen LogP contribution in [-0.2, 0) is 9.59 Å². The normalized spacial score (nSPS) is 17.9. The smallest absolute Gasteiger partial charge is 0.287 e. The number of hydrogen-bond acceptors (Lipinski definition) is 5. The first kappa shape index (κ1) is 15.4. The Bertz CT molecular complexity index is 889. The van der Waals surface area contributed by atoms with Crippen LogP contribution in [0.3, 0.4) is 0 Å². The van der Waals surface area contributed by atoms with E-state index in [-0.39, 0.29) is 35.5 Å². The molecule has 3 rings (SSSR count). The van der Waals surface area contributed by atoms with Crippen molar-refractivity contribution in [3.8, 4) is 0 Å². The van der Waals surface area contributed by atoms with Gasteiger partial charge < -0.3 is 9.73 Å². The second-order valence-corrected chi connectivity index (χ2v) is 6.01. The summed E-state index contributed by atoms with van der Waals surface area (Å²) in [5.74, 6) is -1.80. The molecule has 2 N–H and O–H groups in total. The monoisotopic (exact) mass is 378 g/mol. The van der Waals surface area contributed by atoms with E-state index < -0.39 is 17.9 Å². The minimum Gasteiger partial charge on any atom is -0.451 e. The van der Waals surface area contributed by atoms with Gasteiger partial charge in [-0.05, 0) is 24.6 Å². The van der Waals surface area contributed by atoms with Crippen molar-refractivity contribution in [3.63, 3.8) is 0 Å². The van der Waals surface area contributed by atoms with Crippen LogP contribution in [0.2, 0.25) is 0 Å². The van der Waals surface area contributed by atoms with Gasteiger partial charge in [0.05, 0.1) is 5.39 Å². The molecule has 1 saturated heterocycles. The Kier molecular flexibility index (Phi) is 3.99. The number of halogens is 1. The van der Waals surface area contributed by atoms with E-state index in [0.29, 0.717) is 5.39 Å². The van der Waals surface area contributed by atoms with Crippen LogP contribution in [0.15, 0.2) is 37.9 Å². The number of carbonyl (C=O) groups is 3. The van der Waals surface area contributed by atoms with E-state index in [1.807, 2.05) is 0 Å². The summed E-state index contributed by atoms with van der Waals surface area (Å²) in [5, 5.41) is 4.95. The van der Waals surface area contributed by atoms with E-state index >= 15 is 0 Å². The van der Waals surface area contributed by atoms with Crippen molar-refractivity contribution in [1.29, 1.82) is 0 Å². The van der Waals surface area contributed by atoms with Crippen LogP contribution in [0.5, 0.6) is 0 Å². The molecule has 8 heteroatoms. The van der Waals surface area contributed by atoms with Gasteiger partial charge in [-0.2, -0.15) is 0 Å². The SMILES string of the molecule is O=C1CCC(NC(=O)c2cc(=O)c3cc(Br)ccc3o2)C(=O)N1. The van der Waals surface area contributed by atoms with E-state index in [0.717, 1.165) is 10.5 Å². The van der Waals surface area contributed by atoms with Gasteiger partial charge in [-0.3, -0.25) is 24.5 Å². The zero-order chi connectivity index (χ0) is 16.6. The Labute approximate surface area is 138 Å². The van der Waals surface area contributed by atoms with Crippen molar-refractivity contribution >= 4 is 44.6 Å². The molecule has 1 aliphatic rings. The molecule has 0 bridgehead atoms. The molecule has 1 aromatic carbocycles. The molecule has 1 aliphatic heterocycles. The first-order valence-electron chi connectivity index (χ1n) is 6.82. The molecule has 1 aromatic heterocycles. The van der Waals surface area contributed by atoms with Crippen molar-refractivity contribution in [3.05, 3.63) is 44.7 Å². The fourth-order valence-electron chi connectivity index (χ4n) is 2.30. The topological polar surface area (TPSA) is 105 Å². The molecule has 23 heavy (non-hydrogen) atoms. The number of nitrogens with one attached hydrogen (secondary N) is 2. The highest BCUT2D eigenvalue weighted by molar-refractivity contribution is 9.10. The van der Waals surface area contributed by atoms with Gasteiger partial charge in [-0.1, -0.05) is 15.9 Å². The molecule has 0 saturated carbocycles. The van der Waals surface area contributed by atoms with Crippen LogP contribution in [-0.4, -0.2) is 23.8 Å². The summed E-state index contributed by atoms with van der Waals surface area (Å²) < 4.78 is 6.15. The Balaban J connectivity index is 1.87. The first-order chi connectivity index (χ1) is 10.9. The fourth-order valence-corrected chi connectivity index (χ4v) is 2.66. The molecular weight excluding hydrogens is 368 g/mol. The lowest BCUT2D eigenvalue weighted by Gasteiger charge is -2.21. The maximum Gasteiger partial charge on any atom is 0.287 e. The van der Waals surface area contributed by atoms with E-state index in [1.54, 1.807) is 18.2 Å². The summed E-state index contributed by atoms with van der Waals surface area (Å²) in [6.45, 7) is 0. The van der Waals surface area contributed by atoms with Gasteiger partial charge in [0, 0.05) is 17.0 Å². The Hall–Kier alpha value is -2.48. The summed E-state index contributed by atoms with van der Waals surface area (Å²) in [5.41, 5.74) is -0.0879. The average Bonchev–Trinajstić information content (AvgIpc) is 2.50. The van der Waals surface area contributed by atoms with Crippen LogP contribution < -0.4 is 16.1 Å². The van der Waals surface area contributed by atoms with Crippen LogP contribution in [0.25, 0.3) is 11.0 Å². The largest absolute Gasteiger partial charge is 0.451 e. The summed E-state index contributed by atoms with van der Waals surface area (Å²) in [6, 6.07) is 5.11. The number of fused-ring (bicyclic) bond motifs is 1. The molecule has 0 aliphatic carbocycles. The number of imide groups is 1. The van der Waals surface area contributed by atoms with Crippen molar-refractivity contribution in [2.24, 2.45) is 0 Å². The van der Waals surface area contributed by atoms with E-state index in [1.165, 1.54) is 0 Å². The minimum absolute atomic E-state index is 0.145. The average molecular weight is 379 g/mol. The lowest BCUT2D eigenvalue weighted by atomic mass is 10.1. The minimum atomic E-state index is -0.828. The molecule has 0 spiro atoms. The van der Waals surface area contributed by atoms with Crippen molar-refractivity contribution in [2.45, 2.75) is 18.9 Å². The Morgan fingerprint density at radius 1 is 1.26 bits per heavy atom. The quantitative estimate of drug-likeness (QED) is 0.760. The number of piperidine rings is 1. The van der Waals surface area contributed by atoms with Gasteiger partial charge in [0.25, 0.3) is 5.91 Å². The van der Waals surface area contributed by atoms with E-state index in [4.69, 9.17) is 4.42 Å². The third-order valence-corrected chi connectivity index (χ3v) is 3.95. The van der Waals surface area contributed by atoms with Crippen LogP contribution >= 0.6 is 15.9 Å². The van der Waals surface area contributed by atoms with Crippen molar-refractivity contribution < 1.29 is 18.8 Å². The number of benzene rings is 1. The molecule has 3 amide bonds. The lowest BCUT2D eigenvalue weighted by molar-refractivity contribution is -0.134. The van der Waals surface area contributed by atoms with Crippen LogP contribution in [0, 0.1) is 0 Å². The van der Waals surface area contributed by atoms with Gasteiger partial charge >= 0.3 is 0 Å². The second kappa shape index (κ2) is 5.96. The highest BCUT2D eigenvalue weighted by atomic mass is 79.9. The number of amides is 3. The van der Waals surface area contributed by atoms with Crippen molar-refractivity contribution in [2.75, 3.05) is 0 Å². The molecular formula is C15H11BrN2O5. The summed E-state index contributed by atoms with van der Waals surface area (Å²) in [7, 11) is 0. The molecule has 7 nitrogen and oxygen atoms in total. The second-order valence-electron chi connectivity index (χ2n) is 5.09. The maximum atomic E-state index is 12.2. The predicted molar refractivity (Wildman–Crippen MR) is 83.8 cm³/mol. The van der Waals surface area contributed by atoms with Gasteiger partial charge in [0.2, 0.25) is 11.8 Å².